The SMILES string of the molecule is O=c1ccccn1C1=CCOc2ccccc21. The second kappa shape index (κ2) is 3.94. The van der Waals surface area contributed by atoms with Gasteiger partial charge in [0.1, 0.15) is 12.4 Å². The molecule has 0 saturated heterocycles. The first kappa shape index (κ1) is 9.90. The van der Waals surface area contributed by atoms with Gasteiger partial charge in [0.15, 0.2) is 0 Å². The summed E-state index contributed by atoms with van der Waals surface area (Å²) in [5.41, 5.74) is 1.81. The van der Waals surface area contributed by atoms with E-state index < -0.39 is 0 Å². The molecule has 0 spiro atoms. The lowest BCUT2D eigenvalue weighted by atomic mass is 10.1. The topological polar surface area (TPSA) is 31.2 Å². The molecule has 17 heavy (non-hydrogen) atoms. The van der Waals surface area contributed by atoms with Gasteiger partial charge in [0.05, 0.1) is 5.70 Å². The first-order valence-electron chi connectivity index (χ1n) is 5.47. The van der Waals surface area contributed by atoms with Crippen LogP contribution in [0.4, 0.5) is 0 Å². The Kier molecular flexibility index (Phi) is 2.29. The lowest BCUT2D eigenvalue weighted by Gasteiger charge is -2.19. The molecule has 2 aromatic rings. The first-order valence-corrected chi connectivity index (χ1v) is 5.47. The molecule has 3 nitrogen and oxygen atoms in total. The molecule has 2 heterocycles. The average Bonchev–Trinajstić information content (AvgIpc) is 2.39. The zero-order chi connectivity index (χ0) is 11.7. The standard InChI is InChI=1S/C14H11NO2/c16-14-7-3-4-9-15(14)12-8-10-17-13-6-2-1-5-11(12)13/h1-9H,10H2. The summed E-state index contributed by atoms with van der Waals surface area (Å²) in [7, 11) is 0. The Balaban J connectivity index is 2.20. The Morgan fingerprint density at radius 3 is 2.76 bits per heavy atom. The van der Waals surface area contributed by atoms with Crippen molar-refractivity contribution in [2.75, 3.05) is 6.61 Å². The van der Waals surface area contributed by atoms with Gasteiger partial charge in [-0.25, -0.2) is 0 Å². The zero-order valence-electron chi connectivity index (χ0n) is 9.17. The van der Waals surface area contributed by atoms with Gasteiger partial charge < -0.3 is 4.74 Å². The van der Waals surface area contributed by atoms with Gasteiger partial charge in [-0.2, -0.15) is 0 Å². The maximum Gasteiger partial charge on any atom is 0.255 e. The summed E-state index contributed by atoms with van der Waals surface area (Å²) >= 11 is 0. The number of nitrogens with zero attached hydrogens (tertiary/aromatic N) is 1. The second-order valence-corrected chi connectivity index (χ2v) is 3.81. The predicted octanol–water partition coefficient (Wildman–Crippen LogP) is 2.13. The van der Waals surface area contributed by atoms with Gasteiger partial charge in [0, 0.05) is 17.8 Å². The third-order valence-corrected chi connectivity index (χ3v) is 2.76. The highest BCUT2D eigenvalue weighted by atomic mass is 16.5. The molecular weight excluding hydrogens is 214 g/mol. The number of ether oxygens (including phenoxy) is 1. The molecule has 0 aliphatic carbocycles. The number of aromatic nitrogens is 1. The van der Waals surface area contributed by atoms with Crippen LogP contribution in [0, 0.1) is 0 Å². The van der Waals surface area contributed by atoms with E-state index in [-0.39, 0.29) is 5.56 Å². The van der Waals surface area contributed by atoms with Crippen molar-refractivity contribution < 1.29 is 4.74 Å². The molecule has 0 unspecified atom stereocenters. The molecule has 1 aliphatic heterocycles. The number of hydrogen-bond acceptors (Lipinski definition) is 2. The van der Waals surface area contributed by atoms with E-state index >= 15 is 0 Å². The van der Waals surface area contributed by atoms with Gasteiger partial charge in [0.25, 0.3) is 5.56 Å². The van der Waals surface area contributed by atoms with Crippen LogP contribution in [-0.2, 0) is 0 Å². The van der Waals surface area contributed by atoms with Gasteiger partial charge in [-0.05, 0) is 24.3 Å². The molecule has 84 valence electrons. The maximum absolute atomic E-state index is 11.8. The number of fused-ring (bicyclic) bond motifs is 1. The lowest BCUT2D eigenvalue weighted by Crippen LogP contribution is -2.20. The first-order chi connectivity index (χ1) is 8.36. The quantitative estimate of drug-likeness (QED) is 0.744. The maximum atomic E-state index is 11.8. The van der Waals surface area contributed by atoms with Gasteiger partial charge in [-0.15, -0.1) is 0 Å². The van der Waals surface area contributed by atoms with Crippen LogP contribution in [-0.4, -0.2) is 11.2 Å². The van der Waals surface area contributed by atoms with Crippen LogP contribution >= 0.6 is 0 Å². The van der Waals surface area contributed by atoms with E-state index in [0.717, 1.165) is 17.0 Å². The predicted molar refractivity (Wildman–Crippen MR) is 66.0 cm³/mol. The highest BCUT2D eigenvalue weighted by molar-refractivity contribution is 5.72. The van der Waals surface area contributed by atoms with E-state index in [4.69, 9.17) is 4.74 Å². The summed E-state index contributed by atoms with van der Waals surface area (Å²) in [4.78, 5) is 11.8. The summed E-state index contributed by atoms with van der Waals surface area (Å²) in [6.45, 7) is 0.494. The zero-order valence-corrected chi connectivity index (χ0v) is 9.17. The minimum absolute atomic E-state index is 0.0320. The molecule has 3 rings (SSSR count). The van der Waals surface area contributed by atoms with Crippen LogP contribution in [0.3, 0.4) is 0 Å². The molecule has 3 heteroatoms. The highest BCUT2D eigenvalue weighted by Gasteiger charge is 2.14. The van der Waals surface area contributed by atoms with E-state index in [9.17, 15) is 4.79 Å². The number of hydrogen-bond donors (Lipinski definition) is 0. The lowest BCUT2D eigenvalue weighted by molar-refractivity contribution is 0.356. The van der Waals surface area contributed by atoms with Crippen LogP contribution < -0.4 is 10.3 Å². The van der Waals surface area contributed by atoms with Crippen LogP contribution in [0.5, 0.6) is 5.75 Å². The average molecular weight is 225 g/mol. The molecule has 0 saturated carbocycles. The molecular formula is C14H11NO2. The highest BCUT2D eigenvalue weighted by Crippen LogP contribution is 2.29. The van der Waals surface area contributed by atoms with Crippen molar-refractivity contribution in [3.8, 4) is 5.75 Å². The van der Waals surface area contributed by atoms with Crippen molar-refractivity contribution >= 4 is 5.70 Å². The van der Waals surface area contributed by atoms with Gasteiger partial charge in [-0.1, -0.05) is 18.2 Å². The molecule has 0 atom stereocenters. The summed E-state index contributed by atoms with van der Waals surface area (Å²) in [5, 5.41) is 0. The summed E-state index contributed by atoms with van der Waals surface area (Å²) < 4.78 is 7.16. The van der Waals surface area contributed by atoms with Crippen molar-refractivity contribution in [3.63, 3.8) is 0 Å². The van der Waals surface area contributed by atoms with E-state index in [1.165, 1.54) is 0 Å². The Morgan fingerprint density at radius 2 is 1.88 bits per heavy atom. The van der Waals surface area contributed by atoms with E-state index in [0.29, 0.717) is 6.61 Å². The molecule has 1 aliphatic rings. The Labute approximate surface area is 98.6 Å². The van der Waals surface area contributed by atoms with Crippen LogP contribution in [0.1, 0.15) is 5.56 Å². The van der Waals surface area contributed by atoms with Crippen molar-refractivity contribution in [1.82, 2.24) is 4.57 Å². The summed E-state index contributed by atoms with van der Waals surface area (Å²) in [6, 6.07) is 12.9. The van der Waals surface area contributed by atoms with Gasteiger partial charge in [0.2, 0.25) is 0 Å². The molecule has 0 amide bonds. The molecule has 0 radical (unpaired) electrons. The molecule has 1 aromatic carbocycles. The smallest absolute Gasteiger partial charge is 0.255 e. The fourth-order valence-corrected chi connectivity index (χ4v) is 1.98. The number of rotatable bonds is 1. The minimum Gasteiger partial charge on any atom is -0.489 e. The number of para-hydroxylation sites is 1. The van der Waals surface area contributed by atoms with Gasteiger partial charge in [-0.3, -0.25) is 9.36 Å². The number of benzene rings is 1. The fraction of sp³-hybridized carbons (Fsp3) is 0.0714. The molecule has 0 fully saturated rings. The van der Waals surface area contributed by atoms with Gasteiger partial charge >= 0.3 is 0 Å². The fourth-order valence-electron chi connectivity index (χ4n) is 1.98. The Morgan fingerprint density at radius 1 is 1.06 bits per heavy atom. The second-order valence-electron chi connectivity index (χ2n) is 3.81. The van der Waals surface area contributed by atoms with Crippen molar-refractivity contribution in [2.24, 2.45) is 0 Å². The monoisotopic (exact) mass is 225 g/mol. The molecule has 0 bridgehead atoms. The summed E-state index contributed by atoms with van der Waals surface area (Å²) in [6.07, 6.45) is 3.69. The number of pyridine rings is 1. The van der Waals surface area contributed by atoms with E-state index in [1.54, 1.807) is 22.9 Å². The van der Waals surface area contributed by atoms with E-state index in [1.807, 2.05) is 36.4 Å². The van der Waals surface area contributed by atoms with Crippen LogP contribution in [0.2, 0.25) is 0 Å². The van der Waals surface area contributed by atoms with Crippen LogP contribution in [0.25, 0.3) is 5.70 Å². The third kappa shape index (κ3) is 1.65. The van der Waals surface area contributed by atoms with Crippen molar-refractivity contribution in [3.05, 3.63) is 70.7 Å². The third-order valence-electron chi connectivity index (χ3n) is 2.76. The largest absolute Gasteiger partial charge is 0.489 e. The normalized spacial score (nSPS) is 13.5. The Bertz CT molecular complexity index is 640. The summed E-state index contributed by atoms with van der Waals surface area (Å²) in [5.74, 6) is 0.820. The Hall–Kier alpha value is -2.29. The van der Waals surface area contributed by atoms with Crippen molar-refractivity contribution in [1.29, 1.82) is 0 Å². The van der Waals surface area contributed by atoms with E-state index in [2.05, 4.69) is 0 Å². The molecule has 0 N–H and O–H groups in total. The molecule has 1 aromatic heterocycles. The van der Waals surface area contributed by atoms with Crippen LogP contribution in [0.15, 0.2) is 59.5 Å². The minimum atomic E-state index is -0.0320. The van der Waals surface area contributed by atoms with Crippen molar-refractivity contribution in [2.45, 2.75) is 0 Å².